The van der Waals surface area contributed by atoms with Crippen molar-refractivity contribution in [2.24, 2.45) is 0 Å². The van der Waals surface area contributed by atoms with E-state index in [0.717, 1.165) is 37.3 Å². The quantitative estimate of drug-likeness (QED) is 0.871. The Hall–Kier alpha value is -1.58. The van der Waals surface area contributed by atoms with E-state index < -0.39 is 11.9 Å². The number of piperidine rings is 1. The standard InChI is InChI=1S/C13H18N2O2/c1-10(13(16)17)11-6-5-7-14-12(11)15-8-3-2-4-9-15/h5-7,10H,2-4,8-9H2,1H3,(H,16,17). The molecule has 0 bridgehead atoms. The normalized spacial score (nSPS) is 17.8. The lowest BCUT2D eigenvalue weighted by molar-refractivity contribution is -0.138. The van der Waals surface area contributed by atoms with Crippen LogP contribution in [-0.2, 0) is 4.79 Å². The number of pyridine rings is 1. The molecule has 0 spiro atoms. The molecule has 1 aliphatic rings. The van der Waals surface area contributed by atoms with Crippen LogP contribution in [0.25, 0.3) is 0 Å². The number of hydrogen-bond acceptors (Lipinski definition) is 3. The molecular formula is C13H18N2O2. The van der Waals surface area contributed by atoms with Crippen molar-refractivity contribution in [1.29, 1.82) is 0 Å². The van der Waals surface area contributed by atoms with E-state index in [2.05, 4.69) is 9.88 Å². The highest BCUT2D eigenvalue weighted by Crippen LogP contribution is 2.27. The summed E-state index contributed by atoms with van der Waals surface area (Å²) in [5.41, 5.74) is 0.821. The molecule has 1 aromatic heterocycles. The number of nitrogens with zero attached hydrogens (tertiary/aromatic N) is 2. The smallest absolute Gasteiger partial charge is 0.310 e. The van der Waals surface area contributed by atoms with Gasteiger partial charge < -0.3 is 10.0 Å². The molecule has 0 amide bonds. The van der Waals surface area contributed by atoms with Gasteiger partial charge in [-0.15, -0.1) is 0 Å². The van der Waals surface area contributed by atoms with Gasteiger partial charge in [0.05, 0.1) is 5.92 Å². The van der Waals surface area contributed by atoms with Gasteiger partial charge in [-0.3, -0.25) is 4.79 Å². The number of rotatable bonds is 3. The minimum atomic E-state index is -0.795. The Kier molecular flexibility index (Phi) is 3.61. The summed E-state index contributed by atoms with van der Waals surface area (Å²) in [4.78, 5) is 17.7. The van der Waals surface area contributed by atoms with Crippen LogP contribution in [0.3, 0.4) is 0 Å². The summed E-state index contributed by atoms with van der Waals surface area (Å²) in [7, 11) is 0. The van der Waals surface area contributed by atoms with Crippen LogP contribution < -0.4 is 4.90 Å². The van der Waals surface area contributed by atoms with Gasteiger partial charge in [0.2, 0.25) is 0 Å². The van der Waals surface area contributed by atoms with E-state index in [9.17, 15) is 4.79 Å². The molecule has 0 aliphatic carbocycles. The summed E-state index contributed by atoms with van der Waals surface area (Å²) in [6, 6.07) is 3.68. The van der Waals surface area contributed by atoms with E-state index in [1.54, 1.807) is 13.1 Å². The van der Waals surface area contributed by atoms with Crippen molar-refractivity contribution in [2.75, 3.05) is 18.0 Å². The molecule has 2 heterocycles. The molecule has 92 valence electrons. The Balaban J connectivity index is 2.29. The molecular weight excluding hydrogens is 216 g/mol. The van der Waals surface area contributed by atoms with Crippen molar-refractivity contribution in [2.45, 2.75) is 32.1 Å². The van der Waals surface area contributed by atoms with E-state index in [-0.39, 0.29) is 0 Å². The summed E-state index contributed by atoms with van der Waals surface area (Å²) < 4.78 is 0. The molecule has 1 atom stereocenters. The lowest BCUT2D eigenvalue weighted by Gasteiger charge is -2.30. The number of carboxylic acid groups (broad SMARTS) is 1. The summed E-state index contributed by atoms with van der Waals surface area (Å²) in [5.74, 6) is -0.445. The SMILES string of the molecule is CC(C(=O)O)c1cccnc1N1CCCCC1. The van der Waals surface area contributed by atoms with Gasteiger partial charge in [-0.05, 0) is 32.3 Å². The number of hydrogen-bond donors (Lipinski definition) is 1. The molecule has 0 radical (unpaired) electrons. The van der Waals surface area contributed by atoms with Gasteiger partial charge in [-0.2, -0.15) is 0 Å². The van der Waals surface area contributed by atoms with Crippen LogP contribution >= 0.6 is 0 Å². The van der Waals surface area contributed by atoms with Crippen molar-refractivity contribution in [3.63, 3.8) is 0 Å². The summed E-state index contributed by atoms with van der Waals surface area (Å²) in [5, 5.41) is 9.11. The number of aromatic nitrogens is 1. The van der Waals surface area contributed by atoms with Crippen molar-refractivity contribution in [1.82, 2.24) is 4.98 Å². The fourth-order valence-electron chi connectivity index (χ4n) is 2.25. The number of anilines is 1. The van der Waals surface area contributed by atoms with Gasteiger partial charge in [-0.1, -0.05) is 6.07 Å². The second kappa shape index (κ2) is 5.17. The predicted molar refractivity (Wildman–Crippen MR) is 66.4 cm³/mol. The largest absolute Gasteiger partial charge is 0.481 e. The molecule has 1 aliphatic heterocycles. The van der Waals surface area contributed by atoms with Crippen molar-refractivity contribution >= 4 is 11.8 Å². The molecule has 1 N–H and O–H groups in total. The number of carbonyl (C=O) groups is 1. The topological polar surface area (TPSA) is 53.4 Å². The van der Waals surface area contributed by atoms with Crippen molar-refractivity contribution in [3.8, 4) is 0 Å². The van der Waals surface area contributed by atoms with Crippen LogP contribution in [-0.4, -0.2) is 29.1 Å². The van der Waals surface area contributed by atoms with Crippen LogP contribution in [0.15, 0.2) is 18.3 Å². The molecule has 2 rings (SSSR count). The van der Waals surface area contributed by atoms with Crippen LogP contribution in [0.2, 0.25) is 0 Å². The Labute approximate surface area is 101 Å². The first-order chi connectivity index (χ1) is 8.20. The second-order valence-electron chi connectivity index (χ2n) is 4.52. The molecule has 4 heteroatoms. The highest BCUT2D eigenvalue weighted by atomic mass is 16.4. The van der Waals surface area contributed by atoms with Gasteiger partial charge in [0.25, 0.3) is 0 Å². The Morgan fingerprint density at radius 3 is 2.76 bits per heavy atom. The van der Waals surface area contributed by atoms with Crippen LogP contribution in [0.4, 0.5) is 5.82 Å². The third-order valence-corrected chi connectivity index (χ3v) is 3.31. The molecule has 1 saturated heterocycles. The van der Waals surface area contributed by atoms with Crippen LogP contribution in [0, 0.1) is 0 Å². The first-order valence-electron chi connectivity index (χ1n) is 6.13. The summed E-state index contributed by atoms with van der Waals surface area (Å²) in [6.45, 7) is 3.68. The minimum Gasteiger partial charge on any atom is -0.481 e. The Morgan fingerprint density at radius 2 is 2.12 bits per heavy atom. The first-order valence-corrected chi connectivity index (χ1v) is 6.13. The molecule has 1 unspecified atom stereocenters. The zero-order chi connectivity index (χ0) is 12.3. The maximum Gasteiger partial charge on any atom is 0.310 e. The highest BCUT2D eigenvalue weighted by Gasteiger charge is 2.22. The maximum atomic E-state index is 11.1. The van der Waals surface area contributed by atoms with Crippen molar-refractivity contribution in [3.05, 3.63) is 23.9 Å². The molecule has 0 saturated carbocycles. The van der Waals surface area contributed by atoms with E-state index in [0.29, 0.717) is 0 Å². The molecule has 17 heavy (non-hydrogen) atoms. The van der Waals surface area contributed by atoms with E-state index in [1.807, 2.05) is 12.1 Å². The van der Waals surface area contributed by atoms with Gasteiger partial charge in [0.1, 0.15) is 5.82 Å². The van der Waals surface area contributed by atoms with E-state index in [4.69, 9.17) is 5.11 Å². The van der Waals surface area contributed by atoms with Gasteiger partial charge in [0.15, 0.2) is 0 Å². The maximum absolute atomic E-state index is 11.1. The van der Waals surface area contributed by atoms with Crippen LogP contribution in [0.5, 0.6) is 0 Å². The highest BCUT2D eigenvalue weighted by molar-refractivity contribution is 5.77. The molecule has 1 aromatic rings. The molecule has 0 aromatic carbocycles. The Morgan fingerprint density at radius 1 is 1.41 bits per heavy atom. The second-order valence-corrected chi connectivity index (χ2v) is 4.52. The zero-order valence-electron chi connectivity index (χ0n) is 10.1. The van der Waals surface area contributed by atoms with Crippen molar-refractivity contribution < 1.29 is 9.90 Å². The Bertz CT molecular complexity index is 400. The number of aliphatic carboxylic acids is 1. The first kappa shape index (κ1) is 11.9. The lowest BCUT2D eigenvalue weighted by Crippen LogP contribution is -2.31. The summed E-state index contributed by atoms with van der Waals surface area (Å²) >= 11 is 0. The van der Waals surface area contributed by atoms with Gasteiger partial charge in [0, 0.05) is 24.8 Å². The molecule has 4 nitrogen and oxygen atoms in total. The fraction of sp³-hybridized carbons (Fsp3) is 0.538. The third kappa shape index (κ3) is 2.57. The lowest BCUT2D eigenvalue weighted by atomic mass is 10.0. The third-order valence-electron chi connectivity index (χ3n) is 3.31. The van der Waals surface area contributed by atoms with E-state index >= 15 is 0 Å². The number of carboxylic acids is 1. The summed E-state index contributed by atoms with van der Waals surface area (Å²) in [6.07, 6.45) is 5.32. The van der Waals surface area contributed by atoms with E-state index in [1.165, 1.54) is 6.42 Å². The predicted octanol–water partition coefficient (Wildman–Crippen LogP) is 2.26. The van der Waals surface area contributed by atoms with Gasteiger partial charge >= 0.3 is 5.97 Å². The minimum absolute atomic E-state index is 0.499. The van der Waals surface area contributed by atoms with Gasteiger partial charge in [-0.25, -0.2) is 4.98 Å². The molecule has 1 fully saturated rings. The average molecular weight is 234 g/mol. The monoisotopic (exact) mass is 234 g/mol. The average Bonchev–Trinajstić information content (AvgIpc) is 2.39. The zero-order valence-corrected chi connectivity index (χ0v) is 10.1. The van der Waals surface area contributed by atoms with Crippen LogP contribution in [0.1, 0.15) is 37.7 Å². The fourth-order valence-corrected chi connectivity index (χ4v) is 2.25.